The summed E-state index contributed by atoms with van der Waals surface area (Å²) < 4.78 is 6.04. The van der Waals surface area contributed by atoms with Gasteiger partial charge in [-0.3, -0.25) is 4.79 Å². The standard InChI is InChI=1S/C39H54O6/c1-34(2)18-20-39(33(43)44)21-19-37(6)26(27(39)22-34)13-14-30-36(5)23-28(41)32(35(3,4)29(36)16-17-38(30,37)7)45-31(42)15-10-24-8-11-25(40)12-9-24/h8-13,15,27-30,32,40-41H,14,16-23H2,1-7H3,(H,43,44)/b15-10+/t27-,28+,29+,30+,32-,36-,37+,38+,39-/m0/s1. The third-order valence-electron chi connectivity index (χ3n) is 14.5. The van der Waals surface area contributed by atoms with Crippen molar-refractivity contribution in [3.63, 3.8) is 0 Å². The molecular formula is C39H54O6. The van der Waals surface area contributed by atoms with Crippen LogP contribution < -0.4 is 0 Å². The average molecular weight is 619 g/mol. The zero-order chi connectivity index (χ0) is 32.8. The third-order valence-corrected chi connectivity index (χ3v) is 14.5. The van der Waals surface area contributed by atoms with Gasteiger partial charge in [0, 0.05) is 11.5 Å². The van der Waals surface area contributed by atoms with Gasteiger partial charge in [-0.15, -0.1) is 0 Å². The average Bonchev–Trinajstić information content (AvgIpc) is 2.94. The van der Waals surface area contributed by atoms with Crippen molar-refractivity contribution in [2.75, 3.05) is 0 Å². The number of fused-ring (bicyclic) bond motifs is 7. The van der Waals surface area contributed by atoms with Crippen LogP contribution >= 0.6 is 0 Å². The second-order valence-corrected chi connectivity index (χ2v) is 17.6. The summed E-state index contributed by atoms with van der Waals surface area (Å²) in [5, 5.41) is 31.9. The number of carbonyl (C=O) groups is 2. The number of phenolic OH excluding ortho intramolecular Hbond substituents is 1. The Morgan fingerprint density at radius 2 is 1.56 bits per heavy atom. The predicted octanol–water partition coefficient (Wildman–Crippen LogP) is 8.17. The van der Waals surface area contributed by atoms with E-state index >= 15 is 0 Å². The van der Waals surface area contributed by atoms with Crippen LogP contribution in [0, 0.1) is 50.2 Å². The number of aliphatic hydroxyl groups excluding tert-OH is 1. The lowest BCUT2D eigenvalue weighted by Crippen LogP contribution is -2.67. The number of phenols is 1. The molecule has 6 rings (SSSR count). The maximum absolute atomic E-state index is 13.0. The maximum atomic E-state index is 13.0. The van der Waals surface area contributed by atoms with Gasteiger partial charge in [0.05, 0.1) is 11.5 Å². The molecule has 0 heterocycles. The number of hydrogen-bond donors (Lipinski definition) is 3. The number of aliphatic carboxylic acids is 1. The summed E-state index contributed by atoms with van der Waals surface area (Å²) in [6.45, 7) is 16.3. The van der Waals surface area contributed by atoms with Gasteiger partial charge < -0.3 is 20.1 Å². The Morgan fingerprint density at radius 1 is 0.889 bits per heavy atom. The Bertz CT molecular complexity index is 1420. The first-order chi connectivity index (χ1) is 20.9. The van der Waals surface area contributed by atoms with E-state index in [1.165, 1.54) is 11.6 Å². The second-order valence-electron chi connectivity index (χ2n) is 17.6. The molecule has 45 heavy (non-hydrogen) atoms. The Labute approximate surface area is 269 Å². The minimum atomic E-state index is -0.780. The monoisotopic (exact) mass is 618 g/mol. The number of benzene rings is 1. The molecule has 5 aliphatic rings. The largest absolute Gasteiger partial charge is 0.508 e. The zero-order valence-electron chi connectivity index (χ0n) is 28.4. The van der Waals surface area contributed by atoms with Crippen molar-refractivity contribution < 1.29 is 29.6 Å². The highest BCUT2D eigenvalue weighted by Crippen LogP contribution is 2.75. The van der Waals surface area contributed by atoms with Gasteiger partial charge in [-0.1, -0.05) is 72.2 Å². The van der Waals surface area contributed by atoms with Gasteiger partial charge in [0.1, 0.15) is 11.9 Å². The number of ether oxygens (including phenoxy) is 1. The van der Waals surface area contributed by atoms with E-state index in [4.69, 9.17) is 4.74 Å². The molecule has 0 amide bonds. The summed E-state index contributed by atoms with van der Waals surface area (Å²) in [6.07, 6.45) is 12.0. The first-order valence-corrected chi connectivity index (χ1v) is 17.2. The van der Waals surface area contributed by atoms with Gasteiger partial charge in [0.15, 0.2) is 0 Å². The van der Waals surface area contributed by atoms with Crippen LogP contribution in [-0.4, -0.2) is 39.5 Å². The zero-order valence-corrected chi connectivity index (χ0v) is 28.4. The fourth-order valence-electron chi connectivity index (χ4n) is 11.9. The number of carboxylic acid groups (broad SMARTS) is 1. The smallest absolute Gasteiger partial charge is 0.331 e. The molecule has 0 bridgehead atoms. The van der Waals surface area contributed by atoms with Crippen molar-refractivity contribution in [2.45, 2.75) is 118 Å². The Morgan fingerprint density at radius 3 is 2.22 bits per heavy atom. The maximum Gasteiger partial charge on any atom is 0.331 e. The lowest BCUT2D eigenvalue weighted by Gasteiger charge is -2.71. The molecule has 0 radical (unpaired) electrons. The SMILES string of the molecule is CC1(C)CC[C@]2(C(=O)O)CC[C@]3(C)C(=CC[C@@H]4[C@@]5(C)C[C@@H](O)[C@H](OC(=O)/C=C/c6ccc(O)cc6)C(C)(C)[C@H]5CC[C@]43C)[C@@H]2C1. The van der Waals surface area contributed by atoms with Crippen LogP contribution in [0.2, 0.25) is 0 Å². The minimum Gasteiger partial charge on any atom is -0.508 e. The molecule has 0 unspecified atom stereocenters. The molecule has 0 saturated heterocycles. The molecule has 246 valence electrons. The fourth-order valence-corrected chi connectivity index (χ4v) is 11.9. The van der Waals surface area contributed by atoms with Crippen molar-refractivity contribution in [3.05, 3.63) is 47.6 Å². The molecular weight excluding hydrogens is 564 g/mol. The minimum absolute atomic E-state index is 0.0131. The van der Waals surface area contributed by atoms with Crippen LogP contribution in [0.25, 0.3) is 6.08 Å². The van der Waals surface area contributed by atoms with E-state index in [1.807, 2.05) is 0 Å². The molecule has 4 fully saturated rings. The third kappa shape index (κ3) is 4.74. The van der Waals surface area contributed by atoms with E-state index in [-0.39, 0.29) is 39.2 Å². The first-order valence-electron chi connectivity index (χ1n) is 17.2. The van der Waals surface area contributed by atoms with E-state index in [0.29, 0.717) is 12.3 Å². The number of allylic oxidation sites excluding steroid dienone is 2. The van der Waals surface area contributed by atoms with Gasteiger partial charge in [0.2, 0.25) is 0 Å². The van der Waals surface area contributed by atoms with Crippen molar-refractivity contribution in [1.82, 2.24) is 0 Å². The van der Waals surface area contributed by atoms with Crippen LogP contribution in [0.15, 0.2) is 42.0 Å². The predicted molar refractivity (Wildman–Crippen MR) is 175 cm³/mol. The summed E-state index contributed by atoms with van der Waals surface area (Å²) >= 11 is 0. The van der Waals surface area contributed by atoms with Gasteiger partial charge >= 0.3 is 11.9 Å². The molecule has 3 N–H and O–H groups in total. The number of esters is 1. The van der Waals surface area contributed by atoms with E-state index in [1.54, 1.807) is 30.3 Å². The molecule has 6 heteroatoms. The fraction of sp³-hybridized carbons (Fsp3) is 0.692. The summed E-state index contributed by atoms with van der Waals surface area (Å²) in [5.41, 5.74) is 0.991. The van der Waals surface area contributed by atoms with Crippen molar-refractivity contribution in [1.29, 1.82) is 0 Å². The van der Waals surface area contributed by atoms with E-state index < -0.39 is 35.0 Å². The molecule has 0 aliphatic heterocycles. The number of aliphatic hydroxyl groups is 1. The number of aromatic hydroxyl groups is 1. The quantitative estimate of drug-likeness (QED) is 0.179. The highest BCUT2D eigenvalue weighted by atomic mass is 16.6. The van der Waals surface area contributed by atoms with E-state index in [2.05, 4.69) is 54.5 Å². The van der Waals surface area contributed by atoms with E-state index in [9.17, 15) is 24.9 Å². The lowest BCUT2D eigenvalue weighted by molar-refractivity contribution is -0.238. The highest BCUT2D eigenvalue weighted by molar-refractivity contribution is 5.87. The highest BCUT2D eigenvalue weighted by Gasteiger charge is 2.70. The lowest BCUT2D eigenvalue weighted by atomic mass is 9.33. The van der Waals surface area contributed by atoms with Crippen LogP contribution in [0.1, 0.15) is 112 Å². The topological polar surface area (TPSA) is 104 Å². The normalized spacial score (nSPS) is 43.2. The molecule has 1 aromatic carbocycles. The first kappa shape index (κ1) is 32.3. The number of carbonyl (C=O) groups excluding carboxylic acids is 1. The van der Waals surface area contributed by atoms with Crippen molar-refractivity contribution in [3.8, 4) is 5.75 Å². The molecule has 1 aromatic rings. The Balaban J connectivity index is 1.29. The van der Waals surface area contributed by atoms with E-state index in [0.717, 1.165) is 56.9 Å². The number of hydrogen-bond acceptors (Lipinski definition) is 5. The van der Waals surface area contributed by atoms with Crippen LogP contribution in [0.4, 0.5) is 0 Å². The molecule has 6 nitrogen and oxygen atoms in total. The van der Waals surface area contributed by atoms with Crippen LogP contribution in [-0.2, 0) is 14.3 Å². The molecule has 5 aliphatic carbocycles. The molecule has 4 saturated carbocycles. The van der Waals surface area contributed by atoms with Crippen molar-refractivity contribution >= 4 is 18.0 Å². The van der Waals surface area contributed by atoms with Crippen LogP contribution in [0.5, 0.6) is 5.75 Å². The van der Waals surface area contributed by atoms with Gasteiger partial charge in [-0.25, -0.2) is 4.79 Å². The molecule has 9 atom stereocenters. The Hall–Kier alpha value is -2.60. The Kier molecular flexibility index (Phi) is 7.51. The second kappa shape index (κ2) is 10.5. The molecule has 0 aromatic heterocycles. The summed E-state index contributed by atoms with van der Waals surface area (Å²) in [4.78, 5) is 26.0. The molecule has 0 spiro atoms. The van der Waals surface area contributed by atoms with Gasteiger partial charge in [0.25, 0.3) is 0 Å². The number of rotatable bonds is 4. The van der Waals surface area contributed by atoms with Gasteiger partial charge in [-0.2, -0.15) is 0 Å². The van der Waals surface area contributed by atoms with Gasteiger partial charge in [-0.05, 0) is 121 Å². The number of carboxylic acids is 1. The summed E-state index contributed by atoms with van der Waals surface area (Å²) in [7, 11) is 0. The van der Waals surface area contributed by atoms with Crippen molar-refractivity contribution in [2.24, 2.45) is 50.2 Å². The van der Waals surface area contributed by atoms with Crippen LogP contribution in [0.3, 0.4) is 0 Å². The summed E-state index contributed by atoms with van der Waals surface area (Å²) in [5.74, 6) is -0.230. The summed E-state index contributed by atoms with van der Waals surface area (Å²) in [6, 6.07) is 6.62.